The number of hydrogen-bond donors (Lipinski definition) is 0. The molecule has 5 aromatic rings. The molecule has 1 aliphatic heterocycles. The van der Waals surface area contributed by atoms with Crippen molar-refractivity contribution >= 4 is 87.6 Å². The summed E-state index contributed by atoms with van der Waals surface area (Å²) in [6.45, 7) is 10.4. The lowest BCUT2D eigenvalue weighted by atomic mass is 9.82. The van der Waals surface area contributed by atoms with Crippen LogP contribution in [0.4, 0.5) is 0 Å². The third kappa shape index (κ3) is 14.5. The molecule has 4 aliphatic rings. The number of fused-ring (bicyclic) bond motifs is 3. The zero-order valence-corrected chi connectivity index (χ0v) is 47.8. The van der Waals surface area contributed by atoms with Gasteiger partial charge in [0.15, 0.2) is 29.2 Å². The molecule has 2 fully saturated rings. The highest BCUT2D eigenvalue weighted by molar-refractivity contribution is 8.25. The van der Waals surface area contributed by atoms with Crippen LogP contribution in [0.3, 0.4) is 0 Å². The van der Waals surface area contributed by atoms with Gasteiger partial charge in [0.2, 0.25) is 0 Å². The fourth-order valence-electron chi connectivity index (χ4n) is 9.95. The number of ketones is 2. The standard InChI is InChI=1S/C64H60O18S2/c1-5-50(65)76-33-36(4)32-74-41-24-28-43(29-25-41)79-60(70)37-16-20-39(21-17-37)62(72)81-56-48-14-10-11-15-49(48)57(59-58(56)83-64(84-59)53-54(68)46-12-8-9-13-47(46)55(53)69)82-63(73)40-22-18-38(19-23-40)61(71)80-44-30-26-42(27-31-44)75-34-45(78-52(67)7-3)35-77-51(66)6-2/h5-6,8-15,24-31,36-40,45H,1-2,7,16-23,32-35H2,3-4H3. The van der Waals surface area contributed by atoms with Crippen LogP contribution in [0.15, 0.2) is 142 Å². The maximum absolute atomic E-state index is 14.3. The lowest BCUT2D eigenvalue weighted by Crippen LogP contribution is -2.31. The molecule has 436 valence electrons. The predicted octanol–water partition coefficient (Wildman–Crippen LogP) is 11.1. The van der Waals surface area contributed by atoms with Crippen molar-refractivity contribution in [3.63, 3.8) is 0 Å². The van der Waals surface area contributed by atoms with E-state index in [1.54, 1.807) is 104 Å². The first-order chi connectivity index (χ1) is 40.6. The number of hydrogen-bond acceptors (Lipinski definition) is 20. The molecule has 2 atom stereocenters. The Hall–Kier alpha value is -8.49. The molecule has 18 nitrogen and oxygen atoms in total. The summed E-state index contributed by atoms with van der Waals surface area (Å²) in [5, 5.41) is 0.907. The van der Waals surface area contributed by atoms with E-state index in [9.17, 15) is 43.2 Å². The van der Waals surface area contributed by atoms with Gasteiger partial charge in [0.05, 0.1) is 56.5 Å². The molecule has 0 radical (unpaired) electrons. The Bertz CT molecular complexity index is 3390. The van der Waals surface area contributed by atoms with Gasteiger partial charge in [-0.25, -0.2) is 9.59 Å². The summed E-state index contributed by atoms with van der Waals surface area (Å²) < 4.78 is 51.5. The van der Waals surface area contributed by atoms with Crippen LogP contribution in [0, 0.1) is 29.6 Å². The van der Waals surface area contributed by atoms with Crippen LogP contribution in [-0.2, 0) is 47.8 Å². The van der Waals surface area contributed by atoms with E-state index in [4.69, 9.17) is 42.6 Å². The van der Waals surface area contributed by atoms with E-state index in [1.807, 2.05) is 6.92 Å². The number of carbonyl (C=O) groups excluding carboxylic acids is 9. The number of allylic oxidation sites excluding steroid dienone is 1. The normalized spacial score (nSPS) is 18.7. The first-order valence-corrected chi connectivity index (χ1v) is 29.2. The van der Waals surface area contributed by atoms with Gasteiger partial charge in [0, 0.05) is 46.4 Å². The van der Waals surface area contributed by atoms with Crippen molar-refractivity contribution < 1.29 is 85.8 Å². The molecule has 0 bridgehead atoms. The van der Waals surface area contributed by atoms with Crippen molar-refractivity contribution in [2.45, 2.75) is 87.5 Å². The molecule has 9 rings (SSSR count). The monoisotopic (exact) mass is 1180 g/mol. The van der Waals surface area contributed by atoms with Gasteiger partial charge in [0.25, 0.3) is 0 Å². The van der Waals surface area contributed by atoms with E-state index >= 15 is 0 Å². The van der Waals surface area contributed by atoms with Gasteiger partial charge in [0.1, 0.15) is 36.2 Å². The SMILES string of the molecule is C=CC(=O)OCC(C)COc1ccc(OC(=O)C2CCC(C(=O)Oc3c4c(c(OC(=O)C5CCC(C(=O)Oc6ccc(OCC(COC(=O)C=C)OC(=O)CC)cc6)CC5)c5ccccc35)SC(=C3C(=O)c5ccccc5C3=O)S4)CC2)cc1. The van der Waals surface area contributed by atoms with Crippen LogP contribution < -0.4 is 28.4 Å². The van der Waals surface area contributed by atoms with E-state index in [0.29, 0.717) is 100 Å². The van der Waals surface area contributed by atoms with Crippen LogP contribution in [-0.4, -0.2) is 85.9 Å². The molecule has 0 N–H and O–H groups in total. The molecule has 20 heteroatoms. The topological polar surface area (TPSA) is 237 Å². The van der Waals surface area contributed by atoms with Crippen LogP contribution in [0.2, 0.25) is 0 Å². The molecule has 3 aliphatic carbocycles. The van der Waals surface area contributed by atoms with Gasteiger partial charge in [-0.3, -0.25) is 33.6 Å². The Morgan fingerprint density at radius 2 is 0.893 bits per heavy atom. The second-order valence-electron chi connectivity index (χ2n) is 20.5. The summed E-state index contributed by atoms with van der Waals surface area (Å²) in [6.07, 6.45) is 4.04. The van der Waals surface area contributed by atoms with Gasteiger partial charge in [-0.15, -0.1) is 0 Å². The molecule has 2 saturated carbocycles. The second-order valence-corrected chi connectivity index (χ2v) is 22.8. The van der Waals surface area contributed by atoms with Crippen LogP contribution in [0.5, 0.6) is 34.5 Å². The van der Waals surface area contributed by atoms with E-state index < -0.39 is 83.1 Å². The first-order valence-electron chi connectivity index (χ1n) is 27.6. The molecule has 5 aromatic carbocycles. The average molecular weight is 1180 g/mol. The molecule has 2 unspecified atom stereocenters. The number of ether oxygens (including phenoxy) is 9. The lowest BCUT2D eigenvalue weighted by molar-refractivity contribution is -0.158. The van der Waals surface area contributed by atoms with E-state index in [0.717, 1.165) is 35.7 Å². The number of benzene rings is 5. The summed E-state index contributed by atoms with van der Waals surface area (Å²) in [5.41, 5.74) is 0.509. The summed E-state index contributed by atoms with van der Waals surface area (Å²) in [5.74, 6) is -4.89. The smallest absolute Gasteiger partial charge is 0.330 e. The highest BCUT2D eigenvalue weighted by Gasteiger charge is 2.42. The van der Waals surface area contributed by atoms with Crippen LogP contribution in [0.25, 0.3) is 10.8 Å². The number of esters is 7. The Balaban J connectivity index is 0.843. The molecule has 84 heavy (non-hydrogen) atoms. The Morgan fingerprint density at radius 3 is 1.31 bits per heavy atom. The van der Waals surface area contributed by atoms with Gasteiger partial charge in [-0.05, 0) is 99.9 Å². The molecule has 0 saturated heterocycles. The van der Waals surface area contributed by atoms with E-state index in [-0.39, 0.29) is 66.1 Å². The minimum Gasteiger partial charge on any atom is -0.493 e. The third-order valence-electron chi connectivity index (χ3n) is 14.6. The zero-order valence-electron chi connectivity index (χ0n) is 46.1. The fourth-order valence-corrected chi connectivity index (χ4v) is 12.7. The van der Waals surface area contributed by atoms with Gasteiger partial charge in [-0.1, -0.05) is 99.1 Å². The maximum Gasteiger partial charge on any atom is 0.330 e. The maximum atomic E-state index is 14.3. The van der Waals surface area contributed by atoms with Gasteiger partial charge >= 0.3 is 41.8 Å². The Kier molecular flexibility index (Phi) is 19.8. The predicted molar refractivity (Wildman–Crippen MR) is 307 cm³/mol. The van der Waals surface area contributed by atoms with Crippen molar-refractivity contribution in [1.29, 1.82) is 0 Å². The van der Waals surface area contributed by atoms with Crippen molar-refractivity contribution in [3.8, 4) is 34.5 Å². The third-order valence-corrected chi connectivity index (χ3v) is 17.2. The minimum atomic E-state index is -0.870. The Morgan fingerprint density at radius 1 is 0.512 bits per heavy atom. The quantitative estimate of drug-likeness (QED) is 0.0206. The van der Waals surface area contributed by atoms with Crippen molar-refractivity contribution in [2.75, 3.05) is 26.4 Å². The molecule has 0 spiro atoms. The van der Waals surface area contributed by atoms with Crippen LogP contribution in [0.1, 0.15) is 92.4 Å². The van der Waals surface area contributed by atoms with Crippen LogP contribution >= 0.6 is 23.5 Å². The highest BCUT2D eigenvalue weighted by Crippen LogP contribution is 2.62. The Labute approximate surface area is 492 Å². The summed E-state index contributed by atoms with van der Waals surface area (Å²) in [6, 6.07) is 26.4. The van der Waals surface area contributed by atoms with Crippen molar-refractivity contribution in [3.05, 3.63) is 143 Å². The summed E-state index contributed by atoms with van der Waals surface area (Å²) in [7, 11) is 0. The number of Topliss-reactive ketones (excluding diaryl/α,β-unsaturated/α-hetero) is 2. The lowest BCUT2D eigenvalue weighted by Gasteiger charge is -2.27. The molecular weight excluding hydrogens is 1120 g/mol. The molecule has 1 heterocycles. The summed E-state index contributed by atoms with van der Waals surface area (Å²) in [4.78, 5) is 119. The van der Waals surface area contributed by atoms with Crippen molar-refractivity contribution in [2.24, 2.45) is 29.6 Å². The number of rotatable bonds is 22. The largest absolute Gasteiger partial charge is 0.493 e. The van der Waals surface area contributed by atoms with Crippen molar-refractivity contribution in [1.82, 2.24) is 0 Å². The molecule has 0 aromatic heterocycles. The fraction of sp³-hybridized carbons (Fsp3) is 0.328. The van der Waals surface area contributed by atoms with E-state index in [2.05, 4.69) is 13.2 Å². The van der Waals surface area contributed by atoms with Gasteiger partial charge in [-0.2, -0.15) is 0 Å². The molecular formula is C64H60O18S2. The highest BCUT2D eigenvalue weighted by atomic mass is 32.2. The zero-order chi connectivity index (χ0) is 59.4. The minimum absolute atomic E-state index is 0.0363. The molecule has 0 amide bonds. The summed E-state index contributed by atoms with van der Waals surface area (Å²) >= 11 is 2.19. The van der Waals surface area contributed by atoms with Gasteiger partial charge < -0.3 is 42.6 Å². The second kappa shape index (κ2) is 27.7. The number of carbonyl (C=O) groups is 9. The number of thioether (sulfide) groups is 2. The van der Waals surface area contributed by atoms with E-state index in [1.165, 1.54) is 0 Å². The average Bonchev–Trinajstić information content (AvgIpc) is 2.95. The first kappa shape index (κ1) is 60.1.